The van der Waals surface area contributed by atoms with Crippen molar-refractivity contribution in [3.8, 4) is 10.6 Å². The third-order valence-corrected chi connectivity index (χ3v) is 4.96. The Balaban J connectivity index is 1.89. The van der Waals surface area contributed by atoms with E-state index in [9.17, 15) is 0 Å². The summed E-state index contributed by atoms with van der Waals surface area (Å²) in [6, 6.07) is 8.39. The SMILES string of the molecule is CNC1=CCC(C=Cc2ccccc2-c2nccs2)(NC)C=C1. The van der Waals surface area contributed by atoms with Gasteiger partial charge >= 0.3 is 0 Å². The molecule has 1 atom stereocenters. The summed E-state index contributed by atoms with van der Waals surface area (Å²) >= 11 is 1.67. The Morgan fingerprint density at radius 1 is 1.26 bits per heavy atom. The largest absolute Gasteiger partial charge is 0.388 e. The van der Waals surface area contributed by atoms with Crippen LogP contribution in [0.4, 0.5) is 0 Å². The molecular formula is C19H21N3S. The zero-order valence-corrected chi connectivity index (χ0v) is 14.2. The molecule has 1 unspecified atom stereocenters. The Kier molecular flexibility index (Phi) is 4.74. The molecule has 1 aliphatic rings. The second-order valence-electron chi connectivity index (χ2n) is 5.50. The van der Waals surface area contributed by atoms with Gasteiger partial charge in [-0.25, -0.2) is 4.98 Å². The van der Waals surface area contributed by atoms with E-state index >= 15 is 0 Å². The van der Waals surface area contributed by atoms with Crippen LogP contribution in [0.25, 0.3) is 16.6 Å². The molecule has 1 aromatic carbocycles. The third kappa shape index (κ3) is 3.44. The minimum absolute atomic E-state index is 0.143. The fourth-order valence-corrected chi connectivity index (χ4v) is 3.35. The average molecular weight is 323 g/mol. The number of hydrogen-bond donors (Lipinski definition) is 2. The first-order valence-electron chi connectivity index (χ1n) is 7.70. The van der Waals surface area contributed by atoms with Gasteiger partial charge in [0.2, 0.25) is 0 Å². The molecule has 0 aliphatic heterocycles. The number of allylic oxidation sites excluding steroid dienone is 1. The molecule has 0 saturated heterocycles. The molecule has 0 saturated carbocycles. The highest BCUT2D eigenvalue weighted by atomic mass is 32.1. The van der Waals surface area contributed by atoms with E-state index in [0.717, 1.165) is 17.1 Å². The Labute approximate surface area is 141 Å². The normalized spacial score (nSPS) is 20.7. The summed E-state index contributed by atoms with van der Waals surface area (Å²) in [5.74, 6) is 0. The lowest BCUT2D eigenvalue weighted by Gasteiger charge is -2.29. The van der Waals surface area contributed by atoms with Crippen LogP contribution in [0.5, 0.6) is 0 Å². The molecule has 4 heteroatoms. The number of likely N-dealkylation sites (N-methyl/N-ethyl adjacent to an activating group) is 2. The fourth-order valence-electron chi connectivity index (χ4n) is 2.66. The Hall–Kier alpha value is -2.17. The molecule has 1 aromatic heterocycles. The lowest BCUT2D eigenvalue weighted by molar-refractivity contribution is 0.536. The molecular weight excluding hydrogens is 302 g/mol. The molecule has 0 fully saturated rings. The van der Waals surface area contributed by atoms with Crippen molar-refractivity contribution in [2.45, 2.75) is 12.0 Å². The number of hydrogen-bond acceptors (Lipinski definition) is 4. The van der Waals surface area contributed by atoms with Gasteiger partial charge in [0.15, 0.2) is 0 Å². The highest BCUT2D eigenvalue weighted by Gasteiger charge is 2.22. The van der Waals surface area contributed by atoms with Crippen molar-refractivity contribution in [2.75, 3.05) is 14.1 Å². The first kappa shape index (κ1) is 15.7. The molecule has 118 valence electrons. The van der Waals surface area contributed by atoms with Gasteiger partial charge in [-0.05, 0) is 25.1 Å². The van der Waals surface area contributed by atoms with Gasteiger partial charge in [0, 0.05) is 29.9 Å². The third-order valence-electron chi connectivity index (χ3n) is 4.16. The van der Waals surface area contributed by atoms with Crippen molar-refractivity contribution >= 4 is 17.4 Å². The number of nitrogens with zero attached hydrogens (tertiary/aromatic N) is 1. The summed E-state index contributed by atoms with van der Waals surface area (Å²) in [7, 11) is 3.95. The molecule has 1 heterocycles. The monoisotopic (exact) mass is 323 g/mol. The first-order chi connectivity index (χ1) is 11.3. The second kappa shape index (κ2) is 6.94. The van der Waals surface area contributed by atoms with E-state index in [2.05, 4.69) is 70.3 Å². The van der Waals surface area contributed by atoms with Crippen molar-refractivity contribution in [2.24, 2.45) is 0 Å². The molecule has 1 aliphatic carbocycles. The fraction of sp³-hybridized carbons (Fsp3) is 0.211. The van der Waals surface area contributed by atoms with E-state index in [-0.39, 0.29) is 5.54 Å². The Morgan fingerprint density at radius 2 is 2.13 bits per heavy atom. The van der Waals surface area contributed by atoms with Gasteiger partial charge in [-0.3, -0.25) is 0 Å². The molecule has 2 aromatic rings. The minimum atomic E-state index is -0.143. The minimum Gasteiger partial charge on any atom is -0.388 e. The van der Waals surface area contributed by atoms with Gasteiger partial charge < -0.3 is 10.6 Å². The van der Waals surface area contributed by atoms with Gasteiger partial charge in [-0.2, -0.15) is 0 Å². The zero-order chi connectivity index (χ0) is 16.1. The number of nitrogens with one attached hydrogen (secondary N) is 2. The Bertz CT molecular complexity index is 744. The van der Waals surface area contributed by atoms with Crippen molar-refractivity contribution in [3.05, 3.63) is 71.4 Å². The van der Waals surface area contributed by atoms with E-state index in [1.807, 2.05) is 25.7 Å². The van der Waals surface area contributed by atoms with E-state index < -0.39 is 0 Å². The molecule has 3 nitrogen and oxygen atoms in total. The average Bonchev–Trinajstić information content (AvgIpc) is 3.15. The number of benzene rings is 1. The van der Waals surface area contributed by atoms with Crippen LogP contribution in [0, 0.1) is 0 Å². The van der Waals surface area contributed by atoms with Crippen molar-refractivity contribution in [1.82, 2.24) is 15.6 Å². The smallest absolute Gasteiger partial charge is 0.123 e. The van der Waals surface area contributed by atoms with Crippen LogP contribution in [-0.2, 0) is 0 Å². The summed E-state index contributed by atoms with van der Waals surface area (Å²) in [6.45, 7) is 0. The molecule has 23 heavy (non-hydrogen) atoms. The van der Waals surface area contributed by atoms with E-state index in [1.165, 1.54) is 11.1 Å². The molecule has 0 radical (unpaired) electrons. The molecule has 2 N–H and O–H groups in total. The summed E-state index contributed by atoms with van der Waals surface area (Å²) in [5.41, 5.74) is 3.38. The maximum atomic E-state index is 4.44. The van der Waals surface area contributed by atoms with Gasteiger partial charge in [-0.1, -0.05) is 48.6 Å². The van der Waals surface area contributed by atoms with Crippen LogP contribution in [-0.4, -0.2) is 24.6 Å². The van der Waals surface area contributed by atoms with E-state index in [1.54, 1.807) is 11.3 Å². The maximum Gasteiger partial charge on any atom is 0.123 e. The number of thiazole rings is 1. The molecule has 0 spiro atoms. The number of aromatic nitrogens is 1. The van der Waals surface area contributed by atoms with E-state index in [0.29, 0.717) is 0 Å². The van der Waals surface area contributed by atoms with E-state index in [4.69, 9.17) is 0 Å². The quantitative estimate of drug-likeness (QED) is 0.878. The highest BCUT2D eigenvalue weighted by Crippen LogP contribution is 2.28. The van der Waals surface area contributed by atoms with Crippen LogP contribution in [0.15, 0.2) is 65.8 Å². The molecule has 0 amide bonds. The van der Waals surface area contributed by atoms with Crippen molar-refractivity contribution in [3.63, 3.8) is 0 Å². The summed E-state index contributed by atoms with van der Waals surface area (Å²) in [4.78, 5) is 4.44. The Morgan fingerprint density at radius 3 is 2.78 bits per heavy atom. The predicted molar refractivity (Wildman–Crippen MR) is 99.3 cm³/mol. The second-order valence-corrected chi connectivity index (χ2v) is 6.39. The molecule has 3 rings (SSSR count). The molecule has 0 bridgehead atoms. The highest BCUT2D eigenvalue weighted by molar-refractivity contribution is 7.13. The zero-order valence-electron chi connectivity index (χ0n) is 13.4. The standard InChI is InChI=1S/C19H21N3S/c1-20-16-8-11-19(21-2,12-9-16)10-7-15-5-3-4-6-17(15)18-22-13-14-23-18/h3-11,13-14,20-21H,12H2,1-2H3. The number of rotatable bonds is 5. The maximum absolute atomic E-state index is 4.44. The topological polar surface area (TPSA) is 37.0 Å². The van der Waals surface area contributed by atoms with Gasteiger partial charge in [-0.15, -0.1) is 11.3 Å². The lowest BCUT2D eigenvalue weighted by Crippen LogP contribution is -2.39. The summed E-state index contributed by atoms with van der Waals surface area (Å²) < 4.78 is 0. The van der Waals surface area contributed by atoms with Gasteiger partial charge in [0.25, 0.3) is 0 Å². The predicted octanol–water partition coefficient (Wildman–Crippen LogP) is 3.84. The lowest BCUT2D eigenvalue weighted by atomic mass is 9.89. The van der Waals surface area contributed by atoms with Gasteiger partial charge in [0.05, 0.1) is 5.54 Å². The summed E-state index contributed by atoms with van der Waals surface area (Å²) in [6.07, 6.45) is 13.7. The van der Waals surface area contributed by atoms with Crippen LogP contribution in [0.1, 0.15) is 12.0 Å². The van der Waals surface area contributed by atoms with Gasteiger partial charge in [0.1, 0.15) is 5.01 Å². The van der Waals surface area contributed by atoms with Crippen LogP contribution >= 0.6 is 11.3 Å². The van der Waals surface area contributed by atoms with Crippen LogP contribution in [0.3, 0.4) is 0 Å². The first-order valence-corrected chi connectivity index (χ1v) is 8.58. The van der Waals surface area contributed by atoms with Crippen molar-refractivity contribution < 1.29 is 0 Å². The van der Waals surface area contributed by atoms with Crippen molar-refractivity contribution in [1.29, 1.82) is 0 Å². The van der Waals surface area contributed by atoms with Crippen LogP contribution < -0.4 is 10.6 Å². The van der Waals surface area contributed by atoms with Crippen LogP contribution in [0.2, 0.25) is 0 Å². The summed E-state index contributed by atoms with van der Waals surface area (Å²) in [5, 5.41) is 9.68.